The number of ether oxygens (including phenoxy) is 1. The molecular weight excluding hydrogens is 450 g/mol. The van der Waals surface area contributed by atoms with E-state index in [1.165, 1.54) is 11.1 Å². The Labute approximate surface area is 210 Å². The predicted molar refractivity (Wildman–Crippen MR) is 139 cm³/mol. The van der Waals surface area contributed by atoms with Crippen molar-refractivity contribution in [2.75, 3.05) is 13.2 Å². The van der Waals surface area contributed by atoms with Crippen molar-refractivity contribution < 1.29 is 19.7 Å². The number of amides is 1. The largest absolute Gasteiger partial charge is 0.449 e. The number of aliphatic hydroxyl groups is 2. The van der Waals surface area contributed by atoms with Crippen LogP contribution in [0.5, 0.6) is 0 Å². The highest BCUT2D eigenvalue weighted by molar-refractivity contribution is 5.79. The number of carbonyl (C=O) groups is 1. The van der Waals surface area contributed by atoms with Crippen LogP contribution in [0.1, 0.15) is 39.8 Å². The SMILES string of the molecule is O=C(NCC(O)C(O)c1ccc2c(c1)Cc1ccccc1-2)OCC1c2ccccc2-c2ccccc21. The molecule has 0 bridgehead atoms. The summed E-state index contributed by atoms with van der Waals surface area (Å²) in [5.41, 5.74) is 10.0. The quantitative estimate of drug-likeness (QED) is 0.315. The van der Waals surface area contributed by atoms with E-state index >= 15 is 0 Å². The summed E-state index contributed by atoms with van der Waals surface area (Å²) in [6.07, 6.45) is -2.09. The number of rotatable bonds is 6. The fraction of sp³-hybridized carbons (Fsp3) is 0.194. The first-order chi connectivity index (χ1) is 17.6. The molecule has 0 aromatic heterocycles. The average molecular weight is 478 g/mol. The standard InChI is InChI=1S/C31H27NO4/c33-29(30(34)20-13-14-23-21(16-20)15-19-7-1-2-8-22(19)23)17-32-31(35)36-18-28-26-11-5-3-9-24(26)25-10-4-6-12-27(25)28/h1-14,16,28-30,33-34H,15,17-18H2,(H,32,35). The van der Waals surface area contributed by atoms with Crippen LogP contribution in [0.25, 0.3) is 22.3 Å². The Balaban J connectivity index is 1.06. The van der Waals surface area contributed by atoms with Crippen LogP contribution in [0, 0.1) is 0 Å². The highest BCUT2D eigenvalue weighted by Gasteiger charge is 2.29. The fourth-order valence-corrected chi connectivity index (χ4v) is 5.52. The summed E-state index contributed by atoms with van der Waals surface area (Å²) in [6, 6.07) is 30.3. The van der Waals surface area contributed by atoms with E-state index in [0.29, 0.717) is 5.56 Å². The van der Waals surface area contributed by atoms with E-state index in [1.807, 2.05) is 54.6 Å². The normalized spacial score (nSPS) is 14.8. The lowest BCUT2D eigenvalue weighted by Crippen LogP contribution is -2.36. The highest BCUT2D eigenvalue weighted by atomic mass is 16.5. The van der Waals surface area contributed by atoms with Crippen LogP contribution < -0.4 is 5.32 Å². The van der Waals surface area contributed by atoms with E-state index in [-0.39, 0.29) is 19.1 Å². The van der Waals surface area contributed by atoms with Crippen molar-refractivity contribution in [3.05, 3.63) is 119 Å². The molecule has 3 N–H and O–H groups in total. The lowest BCUT2D eigenvalue weighted by Gasteiger charge is -2.20. The van der Waals surface area contributed by atoms with E-state index in [9.17, 15) is 15.0 Å². The number of aliphatic hydroxyl groups excluding tert-OH is 2. The van der Waals surface area contributed by atoms with Gasteiger partial charge in [-0.1, -0.05) is 91.0 Å². The number of hydrogen-bond acceptors (Lipinski definition) is 4. The van der Waals surface area contributed by atoms with Crippen LogP contribution in [0.3, 0.4) is 0 Å². The maximum atomic E-state index is 12.4. The molecule has 4 aromatic carbocycles. The molecule has 0 saturated carbocycles. The molecule has 0 fully saturated rings. The van der Waals surface area contributed by atoms with Gasteiger partial charge in [0.1, 0.15) is 18.8 Å². The van der Waals surface area contributed by atoms with Gasteiger partial charge >= 0.3 is 6.09 Å². The third-order valence-corrected chi connectivity index (χ3v) is 7.32. The molecule has 2 aliphatic carbocycles. The first-order valence-electron chi connectivity index (χ1n) is 12.3. The lowest BCUT2D eigenvalue weighted by molar-refractivity contribution is 0.0185. The zero-order chi connectivity index (χ0) is 24.6. The molecule has 0 heterocycles. The van der Waals surface area contributed by atoms with E-state index in [2.05, 4.69) is 41.7 Å². The van der Waals surface area contributed by atoms with Crippen molar-refractivity contribution in [2.24, 2.45) is 0 Å². The van der Waals surface area contributed by atoms with Gasteiger partial charge in [-0.2, -0.15) is 0 Å². The molecule has 0 saturated heterocycles. The Morgan fingerprint density at radius 3 is 2.14 bits per heavy atom. The molecule has 0 aliphatic heterocycles. The van der Waals surface area contributed by atoms with Crippen molar-refractivity contribution in [1.29, 1.82) is 0 Å². The van der Waals surface area contributed by atoms with E-state index in [0.717, 1.165) is 39.8 Å². The molecular formula is C31H27NO4. The monoisotopic (exact) mass is 477 g/mol. The number of fused-ring (bicyclic) bond motifs is 6. The van der Waals surface area contributed by atoms with E-state index < -0.39 is 18.3 Å². The van der Waals surface area contributed by atoms with Crippen molar-refractivity contribution in [2.45, 2.75) is 24.5 Å². The Kier molecular flexibility index (Phi) is 5.80. The minimum Gasteiger partial charge on any atom is -0.449 e. The second-order valence-corrected chi connectivity index (χ2v) is 9.47. The average Bonchev–Trinajstić information content (AvgIpc) is 3.45. The van der Waals surface area contributed by atoms with E-state index in [4.69, 9.17) is 4.74 Å². The molecule has 2 aliphatic rings. The van der Waals surface area contributed by atoms with Crippen molar-refractivity contribution in [3.8, 4) is 22.3 Å². The van der Waals surface area contributed by atoms with Gasteiger partial charge in [0, 0.05) is 12.5 Å². The van der Waals surface area contributed by atoms with Gasteiger partial charge in [0.2, 0.25) is 0 Å². The maximum Gasteiger partial charge on any atom is 0.407 e. The molecule has 5 heteroatoms. The first-order valence-corrected chi connectivity index (χ1v) is 12.3. The molecule has 6 rings (SSSR count). The van der Waals surface area contributed by atoms with Crippen molar-refractivity contribution in [1.82, 2.24) is 5.32 Å². The second-order valence-electron chi connectivity index (χ2n) is 9.47. The van der Waals surface area contributed by atoms with Gasteiger partial charge < -0.3 is 20.3 Å². The number of nitrogens with one attached hydrogen (secondary N) is 1. The topological polar surface area (TPSA) is 78.8 Å². The fourth-order valence-electron chi connectivity index (χ4n) is 5.52. The Hall–Kier alpha value is -3.93. The molecule has 0 spiro atoms. The van der Waals surface area contributed by atoms with Crippen molar-refractivity contribution >= 4 is 6.09 Å². The van der Waals surface area contributed by atoms with Crippen LogP contribution in [0.2, 0.25) is 0 Å². The molecule has 1 amide bonds. The maximum absolute atomic E-state index is 12.4. The summed E-state index contributed by atoms with van der Waals surface area (Å²) >= 11 is 0. The molecule has 5 nitrogen and oxygen atoms in total. The van der Waals surface area contributed by atoms with Gasteiger partial charge in [-0.25, -0.2) is 4.79 Å². The predicted octanol–water partition coefficient (Wildman–Crippen LogP) is 5.19. The molecule has 0 radical (unpaired) electrons. The van der Waals surface area contributed by atoms with Gasteiger partial charge in [-0.05, 0) is 56.5 Å². The Bertz CT molecular complexity index is 1400. The zero-order valence-corrected chi connectivity index (χ0v) is 19.7. The number of hydrogen-bond donors (Lipinski definition) is 3. The van der Waals surface area contributed by atoms with Crippen molar-refractivity contribution in [3.63, 3.8) is 0 Å². The van der Waals surface area contributed by atoms with Gasteiger partial charge in [-0.3, -0.25) is 0 Å². The minimum absolute atomic E-state index is 0.0331. The van der Waals surface area contributed by atoms with Gasteiger partial charge in [-0.15, -0.1) is 0 Å². The summed E-state index contributed by atoms with van der Waals surface area (Å²) in [5, 5.41) is 23.9. The third kappa shape index (κ3) is 3.96. The van der Waals surface area contributed by atoms with Crippen LogP contribution in [0.15, 0.2) is 91.0 Å². The molecule has 2 atom stereocenters. The zero-order valence-electron chi connectivity index (χ0n) is 19.7. The molecule has 36 heavy (non-hydrogen) atoms. The summed E-state index contributed by atoms with van der Waals surface area (Å²) < 4.78 is 5.53. The lowest BCUT2D eigenvalue weighted by atomic mass is 9.98. The minimum atomic E-state index is -1.16. The summed E-state index contributed by atoms with van der Waals surface area (Å²) in [4.78, 5) is 12.4. The van der Waals surface area contributed by atoms with Gasteiger partial charge in [0.15, 0.2) is 0 Å². The van der Waals surface area contributed by atoms with E-state index in [1.54, 1.807) is 0 Å². The highest BCUT2D eigenvalue weighted by Crippen LogP contribution is 2.44. The van der Waals surface area contributed by atoms with Crippen LogP contribution in [-0.2, 0) is 11.2 Å². The molecule has 2 unspecified atom stereocenters. The van der Waals surface area contributed by atoms with Crippen LogP contribution >= 0.6 is 0 Å². The number of carbonyl (C=O) groups excluding carboxylic acids is 1. The van der Waals surface area contributed by atoms with Gasteiger partial charge in [0.25, 0.3) is 0 Å². The summed E-state index contributed by atoms with van der Waals surface area (Å²) in [6.45, 7) is 0.0824. The number of alkyl carbamates (subject to hydrolysis) is 1. The summed E-state index contributed by atoms with van der Waals surface area (Å²) in [5.74, 6) is -0.0331. The molecule has 180 valence electrons. The first kappa shape index (κ1) is 22.5. The number of benzene rings is 4. The second kappa shape index (κ2) is 9.26. The smallest absolute Gasteiger partial charge is 0.407 e. The molecule has 4 aromatic rings. The van der Waals surface area contributed by atoms with Crippen LogP contribution in [-0.4, -0.2) is 35.6 Å². The van der Waals surface area contributed by atoms with Crippen LogP contribution in [0.4, 0.5) is 4.79 Å². The Morgan fingerprint density at radius 2 is 1.42 bits per heavy atom. The Morgan fingerprint density at radius 1 is 0.806 bits per heavy atom. The third-order valence-electron chi connectivity index (χ3n) is 7.32. The summed E-state index contributed by atoms with van der Waals surface area (Å²) in [7, 11) is 0. The van der Waals surface area contributed by atoms with Gasteiger partial charge in [0.05, 0.1) is 0 Å².